The molecule has 0 saturated heterocycles. The highest BCUT2D eigenvalue weighted by molar-refractivity contribution is 6.33. The molecule has 2 aromatic carbocycles. The number of nitrogens with two attached hydrogens (primary N) is 1. The average Bonchev–Trinajstić information content (AvgIpc) is 2.43. The SMILES string of the molecule is COc1ccc(N)c(C(=O)Cc2cc(Cl)ccc2Cl)c1. The van der Waals surface area contributed by atoms with Gasteiger partial charge in [-0.25, -0.2) is 0 Å². The van der Waals surface area contributed by atoms with Crippen LogP contribution in [0.15, 0.2) is 36.4 Å². The normalized spacial score (nSPS) is 10.3. The molecule has 0 unspecified atom stereocenters. The van der Waals surface area contributed by atoms with Gasteiger partial charge in [0, 0.05) is 27.7 Å². The minimum Gasteiger partial charge on any atom is -0.497 e. The van der Waals surface area contributed by atoms with E-state index in [-0.39, 0.29) is 12.2 Å². The number of hydrogen-bond donors (Lipinski definition) is 1. The van der Waals surface area contributed by atoms with E-state index in [1.807, 2.05) is 0 Å². The number of ketones is 1. The van der Waals surface area contributed by atoms with Crippen molar-refractivity contribution in [3.63, 3.8) is 0 Å². The van der Waals surface area contributed by atoms with Crippen LogP contribution < -0.4 is 10.5 Å². The molecule has 0 atom stereocenters. The third-order valence-electron chi connectivity index (χ3n) is 2.92. The molecule has 0 aliphatic heterocycles. The van der Waals surface area contributed by atoms with Crippen molar-refractivity contribution in [3.05, 3.63) is 57.6 Å². The van der Waals surface area contributed by atoms with Gasteiger partial charge < -0.3 is 10.5 Å². The third-order valence-corrected chi connectivity index (χ3v) is 3.52. The Morgan fingerprint density at radius 2 is 1.95 bits per heavy atom. The standard InChI is InChI=1S/C15H13Cl2NO2/c1-20-11-3-5-14(18)12(8-11)15(19)7-9-6-10(16)2-4-13(9)17/h2-6,8H,7,18H2,1H3. The first-order chi connectivity index (χ1) is 9.51. The molecular weight excluding hydrogens is 297 g/mol. The summed E-state index contributed by atoms with van der Waals surface area (Å²) >= 11 is 12.0. The minimum atomic E-state index is -0.134. The van der Waals surface area contributed by atoms with Crippen LogP contribution in [0.5, 0.6) is 5.75 Å². The van der Waals surface area contributed by atoms with Crippen molar-refractivity contribution in [2.45, 2.75) is 6.42 Å². The zero-order valence-corrected chi connectivity index (χ0v) is 12.3. The van der Waals surface area contributed by atoms with Gasteiger partial charge in [-0.1, -0.05) is 23.2 Å². The average molecular weight is 310 g/mol. The molecule has 0 aliphatic rings. The summed E-state index contributed by atoms with van der Waals surface area (Å²) in [5.41, 5.74) is 7.33. The van der Waals surface area contributed by atoms with Crippen LogP contribution in [0.4, 0.5) is 5.69 Å². The van der Waals surface area contributed by atoms with Crippen molar-refractivity contribution in [3.8, 4) is 5.75 Å². The molecule has 3 nitrogen and oxygen atoms in total. The number of nitrogen functional groups attached to an aromatic ring is 1. The van der Waals surface area contributed by atoms with E-state index in [2.05, 4.69) is 0 Å². The van der Waals surface area contributed by atoms with Gasteiger partial charge >= 0.3 is 0 Å². The number of hydrogen-bond acceptors (Lipinski definition) is 3. The van der Waals surface area contributed by atoms with Crippen LogP contribution in [-0.4, -0.2) is 12.9 Å². The van der Waals surface area contributed by atoms with Gasteiger partial charge in [0.1, 0.15) is 5.75 Å². The molecule has 2 rings (SSSR count). The van der Waals surface area contributed by atoms with Gasteiger partial charge in [-0.15, -0.1) is 0 Å². The van der Waals surface area contributed by atoms with Crippen LogP contribution in [0.25, 0.3) is 0 Å². The predicted molar refractivity (Wildman–Crippen MR) is 81.9 cm³/mol. The molecule has 0 spiro atoms. The first kappa shape index (κ1) is 14.7. The summed E-state index contributed by atoms with van der Waals surface area (Å²) in [5.74, 6) is 0.449. The summed E-state index contributed by atoms with van der Waals surface area (Å²) in [4.78, 5) is 12.3. The quantitative estimate of drug-likeness (QED) is 0.686. The Morgan fingerprint density at radius 3 is 2.65 bits per heavy atom. The lowest BCUT2D eigenvalue weighted by atomic mass is 10.0. The number of rotatable bonds is 4. The number of carbonyl (C=O) groups is 1. The van der Waals surface area contributed by atoms with Crippen LogP contribution in [0.1, 0.15) is 15.9 Å². The van der Waals surface area contributed by atoms with Crippen molar-refractivity contribution < 1.29 is 9.53 Å². The molecule has 0 radical (unpaired) electrons. The fourth-order valence-corrected chi connectivity index (χ4v) is 2.23. The highest BCUT2D eigenvalue weighted by Gasteiger charge is 2.14. The maximum Gasteiger partial charge on any atom is 0.169 e. The molecule has 104 valence electrons. The van der Waals surface area contributed by atoms with E-state index in [1.54, 1.807) is 36.4 Å². The van der Waals surface area contributed by atoms with E-state index in [4.69, 9.17) is 33.7 Å². The summed E-state index contributed by atoms with van der Waals surface area (Å²) in [6.45, 7) is 0. The molecule has 20 heavy (non-hydrogen) atoms. The number of halogens is 2. The molecule has 0 amide bonds. The molecule has 0 saturated carbocycles. The Labute approximate surface area is 127 Å². The first-order valence-electron chi connectivity index (χ1n) is 5.92. The maximum absolute atomic E-state index is 12.3. The Bertz CT molecular complexity index is 656. The number of benzene rings is 2. The second-order valence-electron chi connectivity index (χ2n) is 4.29. The van der Waals surface area contributed by atoms with Crippen LogP contribution in [0, 0.1) is 0 Å². The van der Waals surface area contributed by atoms with Crippen LogP contribution in [0.2, 0.25) is 10.0 Å². The molecule has 5 heteroatoms. The summed E-state index contributed by atoms with van der Waals surface area (Å²) < 4.78 is 5.10. The van der Waals surface area contributed by atoms with E-state index in [0.717, 1.165) is 0 Å². The predicted octanol–water partition coefficient (Wildman–Crippen LogP) is 4.01. The van der Waals surface area contributed by atoms with Gasteiger partial charge in [-0.2, -0.15) is 0 Å². The summed E-state index contributed by atoms with van der Waals surface area (Å²) in [7, 11) is 1.54. The molecule has 0 aromatic heterocycles. The fourth-order valence-electron chi connectivity index (χ4n) is 1.85. The molecular formula is C15H13Cl2NO2. The topological polar surface area (TPSA) is 52.3 Å². The summed E-state index contributed by atoms with van der Waals surface area (Å²) in [6, 6.07) is 10.00. The molecule has 0 bridgehead atoms. The molecule has 2 N–H and O–H groups in total. The van der Waals surface area contributed by atoms with E-state index in [1.165, 1.54) is 7.11 Å². The van der Waals surface area contributed by atoms with Crippen molar-refractivity contribution in [2.24, 2.45) is 0 Å². The molecule has 0 heterocycles. The number of anilines is 1. The largest absolute Gasteiger partial charge is 0.497 e. The number of ether oxygens (including phenoxy) is 1. The Kier molecular flexibility index (Phi) is 4.53. The van der Waals surface area contributed by atoms with Crippen LogP contribution >= 0.6 is 23.2 Å². The van der Waals surface area contributed by atoms with Gasteiger partial charge in [0.15, 0.2) is 5.78 Å². The zero-order valence-electron chi connectivity index (χ0n) is 10.8. The zero-order chi connectivity index (χ0) is 14.7. The third kappa shape index (κ3) is 3.24. The maximum atomic E-state index is 12.3. The highest BCUT2D eigenvalue weighted by atomic mass is 35.5. The van der Waals surface area contributed by atoms with Gasteiger partial charge in [-0.05, 0) is 42.0 Å². The number of Topliss-reactive ketones (excluding diaryl/α,β-unsaturated/α-hetero) is 1. The Balaban J connectivity index is 2.30. The Morgan fingerprint density at radius 1 is 1.20 bits per heavy atom. The van der Waals surface area contributed by atoms with E-state index >= 15 is 0 Å². The van der Waals surface area contributed by atoms with Crippen molar-refractivity contribution in [1.29, 1.82) is 0 Å². The van der Waals surface area contributed by atoms with Gasteiger partial charge in [0.25, 0.3) is 0 Å². The summed E-state index contributed by atoms with van der Waals surface area (Å²) in [5, 5.41) is 1.04. The van der Waals surface area contributed by atoms with E-state index in [9.17, 15) is 4.79 Å². The van der Waals surface area contributed by atoms with Crippen molar-refractivity contribution in [2.75, 3.05) is 12.8 Å². The smallest absolute Gasteiger partial charge is 0.169 e. The van der Waals surface area contributed by atoms with Gasteiger partial charge in [0.05, 0.1) is 7.11 Å². The highest BCUT2D eigenvalue weighted by Crippen LogP contribution is 2.25. The molecule has 0 fully saturated rings. The lowest BCUT2D eigenvalue weighted by molar-refractivity contribution is 0.0993. The van der Waals surface area contributed by atoms with E-state index in [0.29, 0.717) is 32.6 Å². The van der Waals surface area contributed by atoms with Gasteiger partial charge in [0.2, 0.25) is 0 Å². The molecule has 2 aromatic rings. The number of carbonyl (C=O) groups excluding carboxylic acids is 1. The Hall–Kier alpha value is -1.71. The monoisotopic (exact) mass is 309 g/mol. The van der Waals surface area contributed by atoms with Gasteiger partial charge in [-0.3, -0.25) is 4.79 Å². The van der Waals surface area contributed by atoms with E-state index < -0.39 is 0 Å². The lowest BCUT2D eigenvalue weighted by Gasteiger charge is -2.08. The second-order valence-corrected chi connectivity index (χ2v) is 5.13. The fraction of sp³-hybridized carbons (Fsp3) is 0.133. The van der Waals surface area contributed by atoms with Crippen molar-refractivity contribution >= 4 is 34.7 Å². The number of methoxy groups -OCH3 is 1. The van der Waals surface area contributed by atoms with Crippen LogP contribution in [-0.2, 0) is 6.42 Å². The van der Waals surface area contributed by atoms with Crippen LogP contribution in [0.3, 0.4) is 0 Å². The lowest BCUT2D eigenvalue weighted by Crippen LogP contribution is -2.07. The first-order valence-corrected chi connectivity index (χ1v) is 6.67. The van der Waals surface area contributed by atoms with Crippen molar-refractivity contribution in [1.82, 2.24) is 0 Å². The summed E-state index contributed by atoms with van der Waals surface area (Å²) in [6.07, 6.45) is 0.136. The molecule has 0 aliphatic carbocycles. The minimum absolute atomic E-state index is 0.134. The second kappa shape index (κ2) is 6.16.